The number of amides is 1. The van der Waals surface area contributed by atoms with Gasteiger partial charge in [-0.15, -0.1) is 0 Å². The average Bonchev–Trinajstić information content (AvgIpc) is 2.25. The first-order valence-electron chi connectivity index (χ1n) is 5.03. The Bertz CT molecular complexity index is 377. The molecule has 0 spiro atoms. The number of carbonyl (C=O) groups excluding carboxylic acids is 1. The van der Waals surface area contributed by atoms with Gasteiger partial charge >= 0.3 is 6.09 Å². The SMILES string of the molecule is CCN(CC)C(=O)Oc1cc(I)ccc1O. The van der Waals surface area contributed by atoms with Crippen LogP contribution in [0.4, 0.5) is 4.79 Å². The number of hydrogen-bond acceptors (Lipinski definition) is 3. The van der Waals surface area contributed by atoms with Crippen molar-refractivity contribution in [3.63, 3.8) is 0 Å². The van der Waals surface area contributed by atoms with Crippen molar-refractivity contribution in [2.75, 3.05) is 13.1 Å². The molecule has 0 unspecified atom stereocenters. The number of aromatic hydroxyl groups is 1. The van der Waals surface area contributed by atoms with Crippen LogP contribution in [0.15, 0.2) is 18.2 Å². The Labute approximate surface area is 108 Å². The number of rotatable bonds is 3. The van der Waals surface area contributed by atoms with Gasteiger partial charge in [0.2, 0.25) is 0 Å². The van der Waals surface area contributed by atoms with Crippen molar-refractivity contribution < 1.29 is 14.6 Å². The number of ether oxygens (including phenoxy) is 1. The summed E-state index contributed by atoms with van der Waals surface area (Å²) in [5.74, 6) is 0.171. The van der Waals surface area contributed by atoms with Crippen LogP contribution >= 0.6 is 22.6 Å². The van der Waals surface area contributed by atoms with Crippen molar-refractivity contribution in [2.24, 2.45) is 0 Å². The molecule has 88 valence electrons. The van der Waals surface area contributed by atoms with Gasteiger partial charge in [0.25, 0.3) is 0 Å². The standard InChI is InChI=1S/C11H14INO3/c1-3-13(4-2)11(15)16-10-7-8(12)5-6-9(10)14/h5-7,14H,3-4H2,1-2H3. The highest BCUT2D eigenvalue weighted by atomic mass is 127. The summed E-state index contributed by atoms with van der Waals surface area (Å²) in [5.41, 5.74) is 0. The van der Waals surface area contributed by atoms with Crippen LogP contribution in [0.2, 0.25) is 0 Å². The Morgan fingerprint density at radius 2 is 2.06 bits per heavy atom. The van der Waals surface area contributed by atoms with E-state index in [0.29, 0.717) is 13.1 Å². The lowest BCUT2D eigenvalue weighted by Gasteiger charge is -2.18. The molecule has 0 heterocycles. The molecule has 0 aliphatic rings. The Morgan fingerprint density at radius 3 is 2.62 bits per heavy atom. The number of hydrogen-bond donors (Lipinski definition) is 1. The van der Waals surface area contributed by atoms with Gasteiger partial charge in [-0.2, -0.15) is 0 Å². The molecule has 1 rings (SSSR count). The van der Waals surface area contributed by atoms with E-state index >= 15 is 0 Å². The second kappa shape index (κ2) is 5.93. The summed E-state index contributed by atoms with van der Waals surface area (Å²) in [7, 11) is 0. The van der Waals surface area contributed by atoms with Gasteiger partial charge in [0.05, 0.1) is 0 Å². The predicted octanol–water partition coefficient (Wildman–Crippen LogP) is 2.84. The number of nitrogens with zero attached hydrogens (tertiary/aromatic N) is 1. The molecule has 0 fully saturated rings. The second-order valence-electron chi connectivity index (χ2n) is 3.15. The van der Waals surface area contributed by atoms with E-state index in [1.54, 1.807) is 17.0 Å². The van der Waals surface area contributed by atoms with Crippen LogP contribution in [0, 0.1) is 3.57 Å². The quantitative estimate of drug-likeness (QED) is 0.865. The third-order valence-corrected chi connectivity index (χ3v) is 2.81. The summed E-state index contributed by atoms with van der Waals surface area (Å²) >= 11 is 2.09. The molecule has 5 heteroatoms. The van der Waals surface area contributed by atoms with E-state index in [9.17, 15) is 9.90 Å². The van der Waals surface area contributed by atoms with E-state index in [4.69, 9.17) is 4.74 Å². The van der Waals surface area contributed by atoms with Crippen molar-refractivity contribution in [1.29, 1.82) is 0 Å². The molecule has 0 atom stereocenters. The molecule has 0 saturated heterocycles. The van der Waals surface area contributed by atoms with Gasteiger partial charge in [-0.05, 0) is 54.6 Å². The van der Waals surface area contributed by atoms with Gasteiger partial charge in [0, 0.05) is 16.7 Å². The first-order valence-corrected chi connectivity index (χ1v) is 6.11. The van der Waals surface area contributed by atoms with Crippen LogP contribution < -0.4 is 4.74 Å². The minimum Gasteiger partial charge on any atom is -0.504 e. The topological polar surface area (TPSA) is 49.8 Å². The molecule has 1 aromatic carbocycles. The fourth-order valence-electron chi connectivity index (χ4n) is 1.21. The molecule has 1 amide bonds. The lowest BCUT2D eigenvalue weighted by Crippen LogP contribution is -2.33. The molecule has 0 aliphatic carbocycles. The van der Waals surface area contributed by atoms with Gasteiger partial charge < -0.3 is 14.7 Å². The molecular weight excluding hydrogens is 321 g/mol. The summed E-state index contributed by atoms with van der Waals surface area (Å²) in [5, 5.41) is 9.51. The highest BCUT2D eigenvalue weighted by molar-refractivity contribution is 14.1. The molecule has 1 aromatic rings. The van der Waals surface area contributed by atoms with Crippen LogP contribution in [0.1, 0.15) is 13.8 Å². The van der Waals surface area contributed by atoms with Crippen molar-refractivity contribution in [3.05, 3.63) is 21.8 Å². The molecule has 4 nitrogen and oxygen atoms in total. The summed E-state index contributed by atoms with van der Waals surface area (Å²) in [6, 6.07) is 4.87. The van der Waals surface area contributed by atoms with Crippen LogP contribution in [0.3, 0.4) is 0 Å². The Balaban J connectivity index is 2.80. The second-order valence-corrected chi connectivity index (χ2v) is 4.40. The number of phenolic OH excluding ortho intramolecular Hbond substituents is 1. The fraction of sp³-hybridized carbons (Fsp3) is 0.364. The van der Waals surface area contributed by atoms with Crippen molar-refractivity contribution in [3.8, 4) is 11.5 Å². The zero-order valence-electron chi connectivity index (χ0n) is 9.24. The van der Waals surface area contributed by atoms with E-state index < -0.39 is 6.09 Å². The first-order chi connectivity index (χ1) is 7.58. The number of phenols is 1. The average molecular weight is 335 g/mol. The van der Waals surface area contributed by atoms with E-state index in [0.717, 1.165) is 3.57 Å². The lowest BCUT2D eigenvalue weighted by atomic mass is 10.3. The Morgan fingerprint density at radius 1 is 1.44 bits per heavy atom. The smallest absolute Gasteiger partial charge is 0.415 e. The summed E-state index contributed by atoms with van der Waals surface area (Å²) in [6.45, 7) is 4.92. The van der Waals surface area contributed by atoms with Gasteiger partial charge in [-0.1, -0.05) is 0 Å². The van der Waals surface area contributed by atoms with Crippen LogP contribution in [0.5, 0.6) is 11.5 Å². The third kappa shape index (κ3) is 3.26. The summed E-state index contributed by atoms with van der Waals surface area (Å²) in [6.07, 6.45) is -0.442. The zero-order valence-corrected chi connectivity index (χ0v) is 11.4. The van der Waals surface area contributed by atoms with Crippen LogP contribution in [-0.2, 0) is 0 Å². The first kappa shape index (κ1) is 13.1. The van der Waals surface area contributed by atoms with Gasteiger partial charge in [0.15, 0.2) is 11.5 Å². The van der Waals surface area contributed by atoms with Crippen LogP contribution in [-0.4, -0.2) is 29.2 Å². The Hall–Kier alpha value is -0.980. The van der Waals surface area contributed by atoms with Gasteiger partial charge in [-0.3, -0.25) is 0 Å². The fourth-order valence-corrected chi connectivity index (χ4v) is 1.67. The maximum absolute atomic E-state index is 11.6. The largest absolute Gasteiger partial charge is 0.504 e. The molecule has 0 aliphatic heterocycles. The van der Waals surface area contributed by atoms with Crippen LogP contribution in [0.25, 0.3) is 0 Å². The third-order valence-electron chi connectivity index (χ3n) is 2.14. The van der Waals surface area contributed by atoms with Crippen molar-refractivity contribution in [2.45, 2.75) is 13.8 Å². The van der Waals surface area contributed by atoms with E-state index in [-0.39, 0.29) is 11.5 Å². The highest BCUT2D eigenvalue weighted by Gasteiger charge is 2.14. The lowest BCUT2D eigenvalue weighted by molar-refractivity contribution is 0.155. The predicted molar refractivity (Wildman–Crippen MR) is 69.8 cm³/mol. The monoisotopic (exact) mass is 335 g/mol. The number of halogens is 1. The van der Waals surface area contributed by atoms with Crippen molar-refractivity contribution >= 4 is 28.7 Å². The minimum absolute atomic E-state index is 0.0269. The Kier molecular flexibility index (Phi) is 4.85. The van der Waals surface area contributed by atoms with E-state index in [2.05, 4.69) is 22.6 Å². The maximum atomic E-state index is 11.6. The summed E-state index contributed by atoms with van der Waals surface area (Å²) < 4.78 is 6.00. The normalized spacial score (nSPS) is 9.94. The molecular formula is C11H14INO3. The van der Waals surface area contributed by atoms with Crippen molar-refractivity contribution in [1.82, 2.24) is 4.90 Å². The van der Waals surface area contributed by atoms with E-state index in [1.807, 2.05) is 13.8 Å². The molecule has 1 N–H and O–H groups in total. The number of benzene rings is 1. The molecule has 16 heavy (non-hydrogen) atoms. The summed E-state index contributed by atoms with van der Waals surface area (Å²) in [4.78, 5) is 13.2. The van der Waals surface area contributed by atoms with Gasteiger partial charge in [0.1, 0.15) is 0 Å². The molecule has 0 aromatic heterocycles. The minimum atomic E-state index is -0.442. The van der Waals surface area contributed by atoms with E-state index in [1.165, 1.54) is 6.07 Å². The van der Waals surface area contributed by atoms with Gasteiger partial charge in [-0.25, -0.2) is 4.79 Å². The number of carbonyl (C=O) groups is 1. The highest BCUT2D eigenvalue weighted by Crippen LogP contribution is 2.27. The zero-order chi connectivity index (χ0) is 12.1. The molecule has 0 radical (unpaired) electrons. The maximum Gasteiger partial charge on any atom is 0.415 e. The molecule has 0 bridgehead atoms. The molecule has 0 saturated carbocycles.